The van der Waals surface area contributed by atoms with Gasteiger partial charge in [-0.25, -0.2) is 0 Å². The van der Waals surface area contributed by atoms with Crippen LogP contribution in [-0.4, -0.2) is 80.2 Å². The van der Waals surface area contributed by atoms with E-state index in [9.17, 15) is 13.2 Å². The van der Waals surface area contributed by atoms with Crippen molar-refractivity contribution in [2.24, 2.45) is 5.92 Å². The van der Waals surface area contributed by atoms with Crippen molar-refractivity contribution in [3.63, 3.8) is 0 Å². The van der Waals surface area contributed by atoms with Gasteiger partial charge in [-0.3, -0.25) is 4.79 Å². The number of piperidine rings is 1. The van der Waals surface area contributed by atoms with Crippen LogP contribution in [0.4, 0.5) is 5.69 Å². The van der Waals surface area contributed by atoms with Gasteiger partial charge in [0.05, 0.1) is 5.92 Å². The van der Waals surface area contributed by atoms with Crippen molar-refractivity contribution in [3.05, 3.63) is 29.3 Å². The molecule has 0 N–H and O–H groups in total. The van der Waals surface area contributed by atoms with Gasteiger partial charge in [0.2, 0.25) is 5.91 Å². The number of aryl methyl sites for hydroxylation is 2. The Kier molecular flexibility index (Phi) is 6.36. The van der Waals surface area contributed by atoms with Crippen molar-refractivity contribution < 1.29 is 13.2 Å². The van der Waals surface area contributed by atoms with Crippen LogP contribution in [0.2, 0.25) is 0 Å². The van der Waals surface area contributed by atoms with E-state index in [0.29, 0.717) is 39.3 Å². The first-order chi connectivity index (χ1) is 14.4. The van der Waals surface area contributed by atoms with Crippen LogP contribution in [0.5, 0.6) is 0 Å². The average Bonchev–Trinajstić information content (AvgIpc) is 3.31. The second kappa shape index (κ2) is 8.85. The number of anilines is 1. The van der Waals surface area contributed by atoms with Crippen LogP contribution >= 0.6 is 0 Å². The third-order valence-electron chi connectivity index (χ3n) is 6.75. The predicted molar refractivity (Wildman–Crippen MR) is 119 cm³/mol. The molecule has 1 aromatic carbocycles. The molecule has 3 heterocycles. The fourth-order valence-corrected chi connectivity index (χ4v) is 6.70. The minimum Gasteiger partial charge on any atom is -0.368 e. The highest BCUT2D eigenvalue weighted by Gasteiger charge is 2.38. The summed E-state index contributed by atoms with van der Waals surface area (Å²) in [6, 6.07) is 6.50. The SMILES string of the molecule is Cc1ccc(C)c(N2CCN(C(=O)C3CCCN(S(=O)(=O)N4CCCC4)C3)CC2)c1. The fraction of sp³-hybridized carbons (Fsp3) is 0.682. The molecule has 0 radical (unpaired) electrons. The van der Waals surface area contributed by atoms with Gasteiger partial charge in [-0.2, -0.15) is 17.0 Å². The summed E-state index contributed by atoms with van der Waals surface area (Å²) >= 11 is 0. The van der Waals surface area contributed by atoms with Crippen LogP contribution in [0, 0.1) is 19.8 Å². The van der Waals surface area contributed by atoms with Crippen LogP contribution in [0.1, 0.15) is 36.8 Å². The Morgan fingerprint density at radius 3 is 2.27 bits per heavy atom. The molecular weight excluding hydrogens is 400 g/mol. The van der Waals surface area contributed by atoms with E-state index in [1.807, 2.05) is 4.90 Å². The van der Waals surface area contributed by atoms with Crippen LogP contribution in [0.3, 0.4) is 0 Å². The number of rotatable bonds is 4. The molecule has 0 aliphatic carbocycles. The zero-order chi connectivity index (χ0) is 21.3. The standard InChI is InChI=1S/C22H34N4O3S/c1-18-7-8-19(2)21(16-18)23-12-14-24(15-13-23)22(27)20-6-5-11-26(17-20)30(28,29)25-9-3-4-10-25/h7-8,16,20H,3-6,9-15,17H2,1-2H3. The first-order valence-electron chi connectivity index (χ1n) is 11.2. The zero-order valence-corrected chi connectivity index (χ0v) is 19.0. The predicted octanol–water partition coefficient (Wildman–Crippen LogP) is 2.00. The highest BCUT2D eigenvalue weighted by molar-refractivity contribution is 7.86. The van der Waals surface area contributed by atoms with Gasteiger partial charge in [0.25, 0.3) is 10.2 Å². The summed E-state index contributed by atoms with van der Waals surface area (Å²) < 4.78 is 29.0. The van der Waals surface area contributed by atoms with Gasteiger partial charge in [-0.15, -0.1) is 0 Å². The number of hydrogen-bond donors (Lipinski definition) is 0. The van der Waals surface area contributed by atoms with E-state index >= 15 is 0 Å². The van der Waals surface area contributed by atoms with Gasteiger partial charge in [0.1, 0.15) is 0 Å². The summed E-state index contributed by atoms with van der Waals surface area (Å²) in [7, 11) is -3.42. The Hall–Kier alpha value is -1.64. The normalized spacial score (nSPS) is 24.4. The molecule has 3 aliphatic rings. The minimum atomic E-state index is -3.42. The molecule has 0 spiro atoms. The van der Waals surface area contributed by atoms with E-state index in [1.165, 1.54) is 16.8 Å². The summed E-state index contributed by atoms with van der Waals surface area (Å²) in [4.78, 5) is 17.5. The lowest BCUT2D eigenvalue weighted by molar-refractivity contribution is -0.137. The zero-order valence-electron chi connectivity index (χ0n) is 18.2. The van der Waals surface area contributed by atoms with Crippen molar-refractivity contribution in [2.45, 2.75) is 39.5 Å². The molecule has 4 rings (SSSR count). The molecule has 0 bridgehead atoms. The third-order valence-corrected chi connectivity index (χ3v) is 8.75. The summed E-state index contributed by atoms with van der Waals surface area (Å²) in [5.41, 5.74) is 3.76. The molecule has 0 saturated carbocycles. The quantitative estimate of drug-likeness (QED) is 0.727. The molecule has 1 amide bonds. The molecular formula is C22H34N4O3S. The maximum Gasteiger partial charge on any atom is 0.281 e. The molecule has 166 valence electrons. The highest BCUT2D eigenvalue weighted by Crippen LogP contribution is 2.27. The topological polar surface area (TPSA) is 64.2 Å². The molecule has 7 nitrogen and oxygen atoms in total. The van der Waals surface area contributed by atoms with Crippen molar-refractivity contribution in [1.29, 1.82) is 0 Å². The van der Waals surface area contributed by atoms with Crippen molar-refractivity contribution in [1.82, 2.24) is 13.5 Å². The Morgan fingerprint density at radius 2 is 1.57 bits per heavy atom. The average molecular weight is 435 g/mol. The molecule has 3 aliphatic heterocycles. The molecule has 1 unspecified atom stereocenters. The summed E-state index contributed by atoms with van der Waals surface area (Å²) in [6.07, 6.45) is 3.40. The third kappa shape index (κ3) is 4.36. The lowest BCUT2D eigenvalue weighted by Gasteiger charge is -2.40. The monoisotopic (exact) mass is 434 g/mol. The van der Waals surface area contributed by atoms with Crippen LogP contribution in [0.15, 0.2) is 18.2 Å². The van der Waals surface area contributed by atoms with Gasteiger partial charge in [0.15, 0.2) is 0 Å². The summed E-state index contributed by atoms with van der Waals surface area (Å²) in [6.45, 7) is 9.34. The van der Waals surface area contributed by atoms with Crippen molar-refractivity contribution >= 4 is 21.8 Å². The fourth-order valence-electron chi connectivity index (χ4n) is 4.92. The van der Waals surface area contributed by atoms with Gasteiger partial charge in [-0.1, -0.05) is 12.1 Å². The smallest absolute Gasteiger partial charge is 0.281 e. The number of carbonyl (C=O) groups is 1. The number of amides is 1. The number of hydrogen-bond acceptors (Lipinski definition) is 4. The van der Waals surface area contributed by atoms with E-state index in [1.54, 1.807) is 8.61 Å². The number of benzene rings is 1. The van der Waals surface area contributed by atoms with Crippen LogP contribution in [0.25, 0.3) is 0 Å². The Morgan fingerprint density at radius 1 is 0.900 bits per heavy atom. The van der Waals surface area contributed by atoms with Gasteiger partial charge in [0, 0.05) is 58.0 Å². The maximum absolute atomic E-state index is 13.2. The highest BCUT2D eigenvalue weighted by atomic mass is 32.2. The molecule has 1 aromatic rings. The molecule has 3 saturated heterocycles. The molecule has 1 atom stereocenters. The second-order valence-electron chi connectivity index (χ2n) is 8.91. The summed E-state index contributed by atoms with van der Waals surface area (Å²) in [5, 5.41) is 0. The number of carbonyl (C=O) groups excluding carboxylic acids is 1. The van der Waals surface area contributed by atoms with Crippen LogP contribution in [-0.2, 0) is 15.0 Å². The maximum atomic E-state index is 13.2. The number of piperazine rings is 1. The van der Waals surface area contributed by atoms with E-state index in [2.05, 4.69) is 36.9 Å². The first-order valence-corrected chi connectivity index (χ1v) is 12.6. The van der Waals surface area contributed by atoms with E-state index in [4.69, 9.17) is 0 Å². The van der Waals surface area contributed by atoms with Crippen molar-refractivity contribution in [3.8, 4) is 0 Å². The number of nitrogens with zero attached hydrogens (tertiary/aromatic N) is 4. The van der Waals surface area contributed by atoms with E-state index in [0.717, 1.165) is 38.8 Å². The Bertz CT molecular complexity index is 874. The Labute approximate surface area is 180 Å². The second-order valence-corrected chi connectivity index (χ2v) is 10.8. The Balaban J connectivity index is 1.36. The molecule has 30 heavy (non-hydrogen) atoms. The van der Waals surface area contributed by atoms with E-state index < -0.39 is 10.2 Å². The molecule has 0 aromatic heterocycles. The molecule has 3 fully saturated rings. The largest absolute Gasteiger partial charge is 0.368 e. The minimum absolute atomic E-state index is 0.122. The van der Waals surface area contributed by atoms with E-state index in [-0.39, 0.29) is 11.8 Å². The first kappa shape index (κ1) is 21.6. The van der Waals surface area contributed by atoms with Crippen LogP contribution < -0.4 is 4.90 Å². The molecule has 8 heteroatoms. The van der Waals surface area contributed by atoms with Crippen molar-refractivity contribution in [2.75, 3.05) is 57.3 Å². The summed E-state index contributed by atoms with van der Waals surface area (Å²) in [5.74, 6) is -0.0969. The van der Waals surface area contributed by atoms with Gasteiger partial charge >= 0.3 is 0 Å². The van der Waals surface area contributed by atoms with Gasteiger partial charge < -0.3 is 9.80 Å². The lowest BCUT2D eigenvalue weighted by Crippen LogP contribution is -2.54. The lowest BCUT2D eigenvalue weighted by atomic mass is 9.97. The van der Waals surface area contributed by atoms with Gasteiger partial charge in [-0.05, 0) is 56.7 Å².